The van der Waals surface area contributed by atoms with Gasteiger partial charge < -0.3 is 0 Å². The number of aromatic nitrogens is 2. The van der Waals surface area contributed by atoms with Crippen LogP contribution in [0.25, 0.3) is 0 Å². The van der Waals surface area contributed by atoms with Crippen LogP contribution in [-0.4, -0.2) is 16.0 Å². The number of nitrogens with zero attached hydrogens (tertiary/aromatic N) is 1. The molecule has 0 radical (unpaired) electrons. The normalized spacial score (nSPS) is 16.5. The van der Waals surface area contributed by atoms with E-state index in [2.05, 4.69) is 17.1 Å². The number of hydrogen-bond donors (Lipinski definition) is 1. The first-order chi connectivity index (χ1) is 5.42. The number of H-pyrrole nitrogens is 1. The maximum Gasteiger partial charge on any atom is 0.0662 e. The Kier molecular flexibility index (Phi) is 1.90. The maximum atomic E-state index is 4.28. The molecular formula is C8H12N2S. The molecule has 2 nitrogen and oxygen atoms in total. The SMILES string of the molecule is CCc1n[nH]c2c1CSCC2. The molecule has 0 unspecified atom stereocenters. The van der Waals surface area contributed by atoms with Crippen LogP contribution in [0, 0.1) is 0 Å². The summed E-state index contributed by atoms with van der Waals surface area (Å²) in [6.07, 6.45) is 2.24. The summed E-state index contributed by atoms with van der Waals surface area (Å²) in [5, 5.41) is 7.39. The highest BCUT2D eigenvalue weighted by atomic mass is 32.2. The van der Waals surface area contributed by atoms with Crippen LogP contribution in [-0.2, 0) is 18.6 Å². The third-order valence-electron chi connectivity index (χ3n) is 2.12. The van der Waals surface area contributed by atoms with Gasteiger partial charge in [-0.1, -0.05) is 6.92 Å². The molecule has 2 rings (SSSR count). The number of fused-ring (bicyclic) bond motifs is 1. The van der Waals surface area contributed by atoms with E-state index in [1.165, 1.54) is 29.1 Å². The van der Waals surface area contributed by atoms with Crippen LogP contribution in [0.2, 0.25) is 0 Å². The third-order valence-corrected chi connectivity index (χ3v) is 3.10. The van der Waals surface area contributed by atoms with E-state index in [4.69, 9.17) is 0 Å². The summed E-state index contributed by atoms with van der Waals surface area (Å²) in [7, 11) is 0. The largest absolute Gasteiger partial charge is 0.282 e. The van der Waals surface area contributed by atoms with Gasteiger partial charge in [-0.25, -0.2) is 0 Å². The number of hydrogen-bond acceptors (Lipinski definition) is 2. The van der Waals surface area contributed by atoms with Crippen molar-refractivity contribution in [3.8, 4) is 0 Å². The Morgan fingerprint density at radius 3 is 3.36 bits per heavy atom. The summed E-state index contributed by atoms with van der Waals surface area (Å²) in [6, 6.07) is 0. The molecule has 0 saturated heterocycles. The van der Waals surface area contributed by atoms with Crippen molar-refractivity contribution in [3.63, 3.8) is 0 Å². The Labute approximate surface area is 70.8 Å². The summed E-state index contributed by atoms with van der Waals surface area (Å²) >= 11 is 2.01. The van der Waals surface area contributed by atoms with Gasteiger partial charge in [0.05, 0.1) is 5.69 Å². The van der Waals surface area contributed by atoms with E-state index < -0.39 is 0 Å². The van der Waals surface area contributed by atoms with Gasteiger partial charge in [-0.2, -0.15) is 16.9 Å². The second-order valence-corrected chi connectivity index (χ2v) is 3.89. The summed E-state index contributed by atoms with van der Waals surface area (Å²) in [5.41, 5.74) is 4.12. The van der Waals surface area contributed by atoms with Crippen molar-refractivity contribution in [3.05, 3.63) is 17.0 Å². The highest BCUT2D eigenvalue weighted by Crippen LogP contribution is 2.25. The van der Waals surface area contributed by atoms with Gasteiger partial charge in [-0.15, -0.1) is 0 Å². The lowest BCUT2D eigenvalue weighted by molar-refractivity contribution is 0.939. The van der Waals surface area contributed by atoms with Crippen molar-refractivity contribution in [2.45, 2.75) is 25.5 Å². The van der Waals surface area contributed by atoms with Crippen LogP contribution >= 0.6 is 11.8 Å². The summed E-state index contributed by atoms with van der Waals surface area (Å²) < 4.78 is 0. The Balaban J connectivity index is 2.38. The van der Waals surface area contributed by atoms with Crippen molar-refractivity contribution >= 4 is 11.8 Å². The standard InChI is InChI=1S/C8H12N2S/c1-2-7-6-5-11-4-3-8(6)10-9-7/h2-5H2,1H3,(H,9,10). The fourth-order valence-corrected chi connectivity index (χ4v) is 2.50. The first-order valence-electron chi connectivity index (χ1n) is 4.04. The molecule has 1 aliphatic heterocycles. The van der Waals surface area contributed by atoms with E-state index in [0.717, 1.165) is 12.2 Å². The summed E-state index contributed by atoms with van der Waals surface area (Å²) in [4.78, 5) is 0. The van der Waals surface area contributed by atoms with Gasteiger partial charge in [0, 0.05) is 17.0 Å². The lowest BCUT2D eigenvalue weighted by atomic mass is 10.1. The average molecular weight is 168 g/mol. The molecule has 11 heavy (non-hydrogen) atoms. The van der Waals surface area contributed by atoms with Crippen LogP contribution in [0.15, 0.2) is 0 Å². The minimum atomic E-state index is 1.06. The van der Waals surface area contributed by atoms with E-state index in [-0.39, 0.29) is 0 Å². The minimum Gasteiger partial charge on any atom is -0.282 e. The first-order valence-corrected chi connectivity index (χ1v) is 5.20. The smallest absolute Gasteiger partial charge is 0.0662 e. The summed E-state index contributed by atoms with van der Waals surface area (Å²) in [5.74, 6) is 2.41. The van der Waals surface area contributed by atoms with Crippen molar-refractivity contribution in [1.29, 1.82) is 0 Å². The molecule has 0 aliphatic carbocycles. The Morgan fingerprint density at radius 2 is 2.55 bits per heavy atom. The van der Waals surface area contributed by atoms with Gasteiger partial charge in [0.1, 0.15) is 0 Å². The summed E-state index contributed by atoms with van der Waals surface area (Å²) in [6.45, 7) is 2.16. The van der Waals surface area contributed by atoms with E-state index in [1.807, 2.05) is 11.8 Å². The fraction of sp³-hybridized carbons (Fsp3) is 0.625. The predicted octanol–water partition coefficient (Wildman–Crippen LogP) is 1.76. The second kappa shape index (κ2) is 2.89. The van der Waals surface area contributed by atoms with Crippen LogP contribution in [0.1, 0.15) is 23.9 Å². The van der Waals surface area contributed by atoms with Crippen molar-refractivity contribution in [1.82, 2.24) is 10.2 Å². The van der Waals surface area contributed by atoms with Crippen LogP contribution in [0.5, 0.6) is 0 Å². The molecule has 0 amide bonds. The third kappa shape index (κ3) is 1.18. The van der Waals surface area contributed by atoms with Crippen molar-refractivity contribution in [2.24, 2.45) is 0 Å². The fourth-order valence-electron chi connectivity index (χ4n) is 1.46. The average Bonchev–Trinajstić information content (AvgIpc) is 2.47. The zero-order valence-corrected chi connectivity index (χ0v) is 7.50. The van der Waals surface area contributed by atoms with Gasteiger partial charge in [-0.05, 0) is 18.6 Å². The first kappa shape index (κ1) is 7.22. The number of thioether (sulfide) groups is 1. The van der Waals surface area contributed by atoms with Gasteiger partial charge in [-0.3, -0.25) is 5.10 Å². The molecule has 0 saturated carbocycles. The molecule has 0 spiro atoms. The topological polar surface area (TPSA) is 28.7 Å². The number of nitrogens with one attached hydrogen (secondary N) is 1. The van der Waals surface area contributed by atoms with Gasteiger partial charge >= 0.3 is 0 Å². The zero-order valence-electron chi connectivity index (χ0n) is 6.68. The number of rotatable bonds is 1. The van der Waals surface area contributed by atoms with E-state index in [1.54, 1.807) is 0 Å². The van der Waals surface area contributed by atoms with Crippen LogP contribution < -0.4 is 0 Å². The Bertz CT molecular complexity index is 241. The highest BCUT2D eigenvalue weighted by molar-refractivity contribution is 7.98. The van der Waals surface area contributed by atoms with E-state index in [0.29, 0.717) is 0 Å². The zero-order chi connectivity index (χ0) is 7.68. The van der Waals surface area contributed by atoms with Gasteiger partial charge in [0.25, 0.3) is 0 Å². The Morgan fingerprint density at radius 1 is 1.64 bits per heavy atom. The van der Waals surface area contributed by atoms with Crippen LogP contribution in [0.4, 0.5) is 0 Å². The molecule has 2 heterocycles. The molecule has 1 N–H and O–H groups in total. The van der Waals surface area contributed by atoms with Crippen molar-refractivity contribution < 1.29 is 0 Å². The molecular weight excluding hydrogens is 156 g/mol. The molecule has 0 fully saturated rings. The predicted molar refractivity (Wildman–Crippen MR) is 47.8 cm³/mol. The quantitative estimate of drug-likeness (QED) is 0.692. The van der Waals surface area contributed by atoms with Crippen molar-refractivity contribution in [2.75, 3.05) is 5.75 Å². The number of aromatic amines is 1. The molecule has 0 bridgehead atoms. The molecule has 0 aromatic carbocycles. The second-order valence-electron chi connectivity index (χ2n) is 2.78. The van der Waals surface area contributed by atoms with E-state index >= 15 is 0 Å². The maximum absolute atomic E-state index is 4.28. The number of aryl methyl sites for hydroxylation is 2. The minimum absolute atomic E-state index is 1.06. The van der Waals surface area contributed by atoms with Gasteiger partial charge in [0.2, 0.25) is 0 Å². The molecule has 0 atom stereocenters. The molecule has 3 heteroatoms. The van der Waals surface area contributed by atoms with Gasteiger partial charge in [0.15, 0.2) is 0 Å². The lowest BCUT2D eigenvalue weighted by Gasteiger charge is -2.09. The lowest BCUT2D eigenvalue weighted by Crippen LogP contribution is -2.01. The molecule has 1 aromatic heterocycles. The van der Waals surface area contributed by atoms with E-state index in [9.17, 15) is 0 Å². The van der Waals surface area contributed by atoms with Crippen LogP contribution in [0.3, 0.4) is 0 Å². The Hall–Kier alpha value is -0.440. The molecule has 1 aromatic rings. The highest BCUT2D eigenvalue weighted by Gasteiger charge is 2.15. The molecule has 60 valence electrons. The molecule has 1 aliphatic rings. The monoisotopic (exact) mass is 168 g/mol.